The minimum Gasteiger partial charge on any atom is -0.493 e. The van der Waals surface area contributed by atoms with E-state index in [1.165, 1.54) is 26.2 Å². The standard InChI is InChI=1S/C16H26N2O4.ClH/c1-7-10(2)14(17)16(19)18(3)11-8-12(20-4)15(22-6)13(9-11)21-5;/h8-10,14H,7,17H2,1-6H3;1H. The molecule has 0 aliphatic heterocycles. The zero-order chi connectivity index (χ0) is 16.9. The van der Waals surface area contributed by atoms with Crippen molar-refractivity contribution in [2.24, 2.45) is 11.7 Å². The highest BCUT2D eigenvalue weighted by Gasteiger charge is 2.25. The minimum absolute atomic E-state index is 0. The number of amides is 1. The quantitative estimate of drug-likeness (QED) is 0.821. The largest absolute Gasteiger partial charge is 0.493 e. The number of carbonyl (C=O) groups is 1. The van der Waals surface area contributed by atoms with Crippen LogP contribution in [0.25, 0.3) is 0 Å². The first-order chi connectivity index (χ1) is 10.4. The summed E-state index contributed by atoms with van der Waals surface area (Å²) in [6, 6.07) is 2.90. The van der Waals surface area contributed by atoms with E-state index in [4.69, 9.17) is 19.9 Å². The van der Waals surface area contributed by atoms with Crippen LogP contribution in [0.2, 0.25) is 0 Å². The molecule has 0 fully saturated rings. The van der Waals surface area contributed by atoms with Gasteiger partial charge in [0.25, 0.3) is 0 Å². The van der Waals surface area contributed by atoms with Crippen LogP contribution in [0.4, 0.5) is 5.69 Å². The van der Waals surface area contributed by atoms with Crippen molar-refractivity contribution in [1.29, 1.82) is 0 Å². The first-order valence-electron chi connectivity index (χ1n) is 7.24. The van der Waals surface area contributed by atoms with Gasteiger partial charge in [0.1, 0.15) is 0 Å². The highest BCUT2D eigenvalue weighted by molar-refractivity contribution is 5.97. The molecule has 1 rings (SSSR count). The topological polar surface area (TPSA) is 74.0 Å². The lowest BCUT2D eigenvalue weighted by molar-refractivity contribution is -0.120. The van der Waals surface area contributed by atoms with Crippen molar-refractivity contribution >= 4 is 24.0 Å². The Morgan fingerprint density at radius 3 is 2.00 bits per heavy atom. The Kier molecular flexibility index (Phi) is 8.79. The average molecular weight is 347 g/mol. The Bertz CT molecular complexity index is 500. The number of anilines is 1. The van der Waals surface area contributed by atoms with Crippen molar-refractivity contribution < 1.29 is 19.0 Å². The van der Waals surface area contributed by atoms with Gasteiger partial charge in [0.05, 0.1) is 33.1 Å². The van der Waals surface area contributed by atoms with Crippen LogP contribution in [0.5, 0.6) is 17.2 Å². The second kappa shape index (κ2) is 9.47. The van der Waals surface area contributed by atoms with Crippen molar-refractivity contribution in [3.8, 4) is 17.2 Å². The highest BCUT2D eigenvalue weighted by atomic mass is 35.5. The molecule has 0 aliphatic rings. The zero-order valence-electron chi connectivity index (χ0n) is 14.6. The molecule has 6 nitrogen and oxygen atoms in total. The van der Waals surface area contributed by atoms with E-state index in [9.17, 15) is 4.79 Å². The third kappa shape index (κ3) is 4.65. The van der Waals surface area contributed by atoms with Crippen LogP contribution in [-0.4, -0.2) is 40.3 Å². The van der Waals surface area contributed by atoms with E-state index < -0.39 is 6.04 Å². The van der Waals surface area contributed by atoms with E-state index in [1.54, 1.807) is 19.2 Å². The van der Waals surface area contributed by atoms with Gasteiger partial charge in [-0.25, -0.2) is 0 Å². The first-order valence-corrected chi connectivity index (χ1v) is 7.24. The lowest BCUT2D eigenvalue weighted by Crippen LogP contribution is -2.45. The van der Waals surface area contributed by atoms with Crippen molar-refractivity contribution in [2.45, 2.75) is 26.3 Å². The average Bonchev–Trinajstić information content (AvgIpc) is 2.57. The maximum atomic E-state index is 12.5. The SMILES string of the molecule is CCC(C)C(N)C(=O)N(C)c1cc(OC)c(OC)c(OC)c1.Cl. The number of hydrogen-bond donors (Lipinski definition) is 1. The Labute approximate surface area is 144 Å². The molecule has 0 aromatic heterocycles. The molecule has 0 aliphatic carbocycles. The summed E-state index contributed by atoms with van der Waals surface area (Å²) in [5.74, 6) is 1.43. The fourth-order valence-corrected chi connectivity index (χ4v) is 2.11. The van der Waals surface area contributed by atoms with E-state index in [2.05, 4.69) is 0 Å². The van der Waals surface area contributed by atoms with Crippen LogP contribution in [0.3, 0.4) is 0 Å². The van der Waals surface area contributed by atoms with Crippen LogP contribution >= 0.6 is 12.4 Å². The van der Waals surface area contributed by atoms with Crippen LogP contribution in [0.1, 0.15) is 20.3 Å². The molecule has 0 heterocycles. The number of likely N-dealkylation sites (N-methyl/N-ethyl adjacent to an activating group) is 1. The molecule has 2 N–H and O–H groups in total. The smallest absolute Gasteiger partial charge is 0.243 e. The molecule has 1 aromatic carbocycles. The monoisotopic (exact) mass is 346 g/mol. The molecule has 0 bridgehead atoms. The summed E-state index contributed by atoms with van der Waals surface area (Å²) >= 11 is 0. The second-order valence-electron chi connectivity index (χ2n) is 5.19. The number of methoxy groups -OCH3 is 3. The van der Waals surface area contributed by atoms with E-state index in [0.29, 0.717) is 22.9 Å². The van der Waals surface area contributed by atoms with Gasteiger partial charge in [-0.3, -0.25) is 4.79 Å². The molecule has 0 saturated carbocycles. The van der Waals surface area contributed by atoms with Crippen molar-refractivity contribution in [3.63, 3.8) is 0 Å². The number of rotatable bonds is 7. The number of benzene rings is 1. The molecule has 2 unspecified atom stereocenters. The minimum atomic E-state index is -0.547. The van der Waals surface area contributed by atoms with Gasteiger partial charge in [-0.05, 0) is 5.92 Å². The Balaban J connectivity index is 0.00000484. The first kappa shape index (κ1) is 21.3. The predicted octanol–water partition coefficient (Wildman–Crippen LogP) is 2.47. The molecular formula is C16H27ClN2O4. The summed E-state index contributed by atoms with van der Waals surface area (Å²) in [5, 5.41) is 0. The fourth-order valence-electron chi connectivity index (χ4n) is 2.11. The van der Waals surface area contributed by atoms with Gasteiger partial charge >= 0.3 is 0 Å². The summed E-state index contributed by atoms with van der Waals surface area (Å²) < 4.78 is 15.9. The molecule has 7 heteroatoms. The third-order valence-electron chi connectivity index (χ3n) is 3.91. The molecule has 132 valence electrons. The second-order valence-corrected chi connectivity index (χ2v) is 5.19. The van der Waals surface area contributed by atoms with Crippen LogP contribution in [-0.2, 0) is 4.79 Å². The Hall–Kier alpha value is -1.66. The number of nitrogens with two attached hydrogens (primary N) is 1. The van der Waals surface area contributed by atoms with E-state index in [-0.39, 0.29) is 24.2 Å². The molecule has 0 saturated heterocycles. The molecule has 0 spiro atoms. The van der Waals surface area contributed by atoms with Gasteiger partial charge < -0.3 is 24.8 Å². The van der Waals surface area contributed by atoms with Crippen molar-refractivity contribution in [1.82, 2.24) is 0 Å². The number of hydrogen-bond acceptors (Lipinski definition) is 5. The number of halogens is 1. The van der Waals surface area contributed by atoms with Gasteiger partial charge in [0.2, 0.25) is 11.7 Å². The molecular weight excluding hydrogens is 320 g/mol. The third-order valence-corrected chi connectivity index (χ3v) is 3.91. The number of ether oxygens (including phenoxy) is 3. The molecule has 1 amide bonds. The van der Waals surface area contributed by atoms with Crippen molar-refractivity contribution in [2.75, 3.05) is 33.3 Å². The lowest BCUT2D eigenvalue weighted by Gasteiger charge is -2.25. The van der Waals surface area contributed by atoms with E-state index in [0.717, 1.165) is 6.42 Å². The van der Waals surface area contributed by atoms with E-state index >= 15 is 0 Å². The summed E-state index contributed by atoms with van der Waals surface area (Å²) in [6.45, 7) is 3.98. The fraction of sp³-hybridized carbons (Fsp3) is 0.562. The maximum absolute atomic E-state index is 12.5. The summed E-state index contributed by atoms with van der Waals surface area (Å²) in [7, 11) is 6.29. The zero-order valence-corrected chi connectivity index (χ0v) is 15.4. The summed E-state index contributed by atoms with van der Waals surface area (Å²) in [5.41, 5.74) is 6.67. The molecule has 2 atom stereocenters. The van der Waals surface area contributed by atoms with Crippen LogP contribution in [0.15, 0.2) is 12.1 Å². The normalized spacial score (nSPS) is 12.7. The van der Waals surface area contributed by atoms with Gasteiger partial charge in [0, 0.05) is 19.2 Å². The molecule has 1 aromatic rings. The molecule has 23 heavy (non-hydrogen) atoms. The number of carbonyl (C=O) groups excluding carboxylic acids is 1. The molecule has 0 radical (unpaired) electrons. The summed E-state index contributed by atoms with van der Waals surface area (Å²) in [6.07, 6.45) is 0.843. The van der Waals surface area contributed by atoms with Crippen LogP contribution in [0, 0.1) is 5.92 Å². The van der Waals surface area contributed by atoms with Gasteiger partial charge in [0.15, 0.2) is 11.5 Å². The van der Waals surface area contributed by atoms with Gasteiger partial charge in [-0.1, -0.05) is 20.3 Å². The van der Waals surface area contributed by atoms with Gasteiger partial charge in [-0.2, -0.15) is 0 Å². The highest BCUT2D eigenvalue weighted by Crippen LogP contribution is 2.40. The van der Waals surface area contributed by atoms with Gasteiger partial charge in [-0.15, -0.1) is 12.4 Å². The Morgan fingerprint density at radius 1 is 1.17 bits per heavy atom. The van der Waals surface area contributed by atoms with E-state index in [1.807, 2.05) is 13.8 Å². The van der Waals surface area contributed by atoms with Crippen LogP contribution < -0.4 is 24.8 Å². The maximum Gasteiger partial charge on any atom is 0.243 e. The lowest BCUT2D eigenvalue weighted by atomic mass is 9.99. The Morgan fingerprint density at radius 2 is 1.65 bits per heavy atom. The summed E-state index contributed by atoms with van der Waals surface area (Å²) in [4.78, 5) is 14.0. The number of nitrogens with zero attached hydrogens (tertiary/aromatic N) is 1. The predicted molar refractivity (Wildman–Crippen MR) is 94.2 cm³/mol. The van der Waals surface area contributed by atoms with Crippen molar-refractivity contribution in [3.05, 3.63) is 12.1 Å².